The maximum Gasteiger partial charge on any atom is 0.271 e. The second-order valence-electron chi connectivity index (χ2n) is 5.97. The van der Waals surface area contributed by atoms with Crippen LogP contribution >= 0.6 is 0 Å². The van der Waals surface area contributed by atoms with Crippen LogP contribution in [0.25, 0.3) is 0 Å². The van der Waals surface area contributed by atoms with Gasteiger partial charge in [0.1, 0.15) is 0 Å². The molecule has 5 heteroatoms. The predicted octanol–water partition coefficient (Wildman–Crippen LogP) is 4.50. The minimum atomic E-state index is -0.242. The normalized spacial score (nSPS) is 11.2. The standard InChI is InChI=1S/C19H29N3O2/c1-4-6-8-9-15(3)21-22-19(24)16-11-13-17(14-12-16)20-18(23)10-7-5-2/h11-14H,4-10H2,1-3H3,(H,20,23)(H,22,24)/b21-15+. The molecule has 0 fully saturated rings. The van der Waals surface area contributed by atoms with Gasteiger partial charge in [-0.25, -0.2) is 5.43 Å². The second-order valence-corrected chi connectivity index (χ2v) is 5.97. The summed E-state index contributed by atoms with van der Waals surface area (Å²) in [7, 11) is 0. The van der Waals surface area contributed by atoms with Crippen molar-refractivity contribution < 1.29 is 9.59 Å². The van der Waals surface area contributed by atoms with Crippen LogP contribution in [0.15, 0.2) is 29.4 Å². The Hall–Kier alpha value is -2.17. The number of unbranched alkanes of at least 4 members (excludes halogenated alkanes) is 3. The van der Waals surface area contributed by atoms with Gasteiger partial charge in [0, 0.05) is 23.4 Å². The van der Waals surface area contributed by atoms with E-state index in [-0.39, 0.29) is 11.8 Å². The average Bonchev–Trinajstić information content (AvgIpc) is 2.58. The van der Waals surface area contributed by atoms with Crippen molar-refractivity contribution in [3.8, 4) is 0 Å². The van der Waals surface area contributed by atoms with E-state index < -0.39 is 0 Å². The van der Waals surface area contributed by atoms with Crippen molar-refractivity contribution in [1.82, 2.24) is 5.43 Å². The minimum Gasteiger partial charge on any atom is -0.326 e. The molecule has 0 aromatic heterocycles. The summed E-state index contributed by atoms with van der Waals surface area (Å²) in [6.07, 6.45) is 6.72. The van der Waals surface area contributed by atoms with E-state index >= 15 is 0 Å². The van der Waals surface area contributed by atoms with Crippen molar-refractivity contribution in [3.63, 3.8) is 0 Å². The van der Waals surface area contributed by atoms with E-state index in [1.807, 2.05) is 6.92 Å². The monoisotopic (exact) mass is 331 g/mol. The van der Waals surface area contributed by atoms with Crippen molar-refractivity contribution in [2.45, 2.75) is 65.7 Å². The van der Waals surface area contributed by atoms with E-state index in [2.05, 4.69) is 29.7 Å². The van der Waals surface area contributed by atoms with E-state index in [0.717, 1.165) is 31.4 Å². The van der Waals surface area contributed by atoms with Crippen molar-refractivity contribution in [3.05, 3.63) is 29.8 Å². The van der Waals surface area contributed by atoms with Gasteiger partial charge in [0.2, 0.25) is 5.91 Å². The molecule has 0 bridgehead atoms. The molecular weight excluding hydrogens is 302 g/mol. The highest BCUT2D eigenvalue weighted by molar-refractivity contribution is 5.96. The molecular formula is C19H29N3O2. The zero-order valence-electron chi connectivity index (χ0n) is 15.0. The molecule has 0 unspecified atom stereocenters. The quantitative estimate of drug-likeness (QED) is 0.376. The Balaban J connectivity index is 2.48. The number of carbonyl (C=O) groups excluding carboxylic acids is 2. The molecule has 0 saturated carbocycles. The van der Waals surface area contributed by atoms with Crippen LogP contribution in [0.3, 0.4) is 0 Å². The van der Waals surface area contributed by atoms with Crippen molar-refractivity contribution in [2.75, 3.05) is 5.32 Å². The van der Waals surface area contributed by atoms with Crippen molar-refractivity contribution in [1.29, 1.82) is 0 Å². The van der Waals surface area contributed by atoms with Crippen molar-refractivity contribution in [2.24, 2.45) is 5.10 Å². The van der Waals surface area contributed by atoms with Gasteiger partial charge in [0.25, 0.3) is 5.91 Å². The first-order valence-electron chi connectivity index (χ1n) is 8.80. The van der Waals surface area contributed by atoms with E-state index in [9.17, 15) is 9.59 Å². The van der Waals surface area contributed by atoms with E-state index in [1.54, 1.807) is 24.3 Å². The first-order chi connectivity index (χ1) is 11.6. The Morgan fingerprint density at radius 1 is 0.958 bits per heavy atom. The number of rotatable bonds is 10. The molecule has 2 N–H and O–H groups in total. The lowest BCUT2D eigenvalue weighted by Crippen LogP contribution is -2.19. The third-order valence-corrected chi connectivity index (χ3v) is 3.68. The zero-order chi connectivity index (χ0) is 17.8. The third-order valence-electron chi connectivity index (χ3n) is 3.68. The van der Waals surface area contributed by atoms with Crippen LogP contribution in [0, 0.1) is 0 Å². The van der Waals surface area contributed by atoms with Gasteiger partial charge < -0.3 is 5.32 Å². The SMILES string of the molecule is CCCCC/C(C)=N/NC(=O)c1ccc(NC(=O)CCCC)cc1. The van der Waals surface area contributed by atoms with E-state index in [1.165, 1.54) is 12.8 Å². The Labute approximate surface area is 144 Å². The van der Waals surface area contributed by atoms with Gasteiger partial charge >= 0.3 is 0 Å². The molecule has 132 valence electrons. The molecule has 1 aromatic rings. The highest BCUT2D eigenvalue weighted by Crippen LogP contribution is 2.11. The average molecular weight is 331 g/mol. The molecule has 0 aliphatic heterocycles. The predicted molar refractivity (Wildman–Crippen MR) is 99.3 cm³/mol. The van der Waals surface area contributed by atoms with E-state index in [4.69, 9.17) is 0 Å². The van der Waals surface area contributed by atoms with Gasteiger partial charge in [-0.15, -0.1) is 0 Å². The lowest BCUT2D eigenvalue weighted by Gasteiger charge is -2.06. The number of nitrogens with zero attached hydrogens (tertiary/aromatic N) is 1. The van der Waals surface area contributed by atoms with Crippen molar-refractivity contribution >= 4 is 23.2 Å². The summed E-state index contributed by atoms with van der Waals surface area (Å²) in [5.41, 5.74) is 4.72. The maximum absolute atomic E-state index is 12.0. The lowest BCUT2D eigenvalue weighted by atomic mass is 10.1. The smallest absolute Gasteiger partial charge is 0.271 e. The number of nitrogens with one attached hydrogen (secondary N) is 2. The number of carbonyl (C=O) groups is 2. The zero-order valence-corrected chi connectivity index (χ0v) is 15.0. The molecule has 0 spiro atoms. The second kappa shape index (κ2) is 11.4. The Morgan fingerprint density at radius 2 is 1.62 bits per heavy atom. The summed E-state index contributed by atoms with van der Waals surface area (Å²) < 4.78 is 0. The summed E-state index contributed by atoms with van der Waals surface area (Å²) in [5, 5.41) is 6.95. The molecule has 0 radical (unpaired) electrons. The Morgan fingerprint density at radius 3 is 2.25 bits per heavy atom. The first-order valence-corrected chi connectivity index (χ1v) is 8.80. The number of hydrogen-bond donors (Lipinski definition) is 2. The molecule has 0 saturated heterocycles. The van der Waals surface area contributed by atoms with Gasteiger partial charge in [0.15, 0.2) is 0 Å². The molecule has 2 amide bonds. The Bertz CT molecular complexity index is 550. The summed E-state index contributed by atoms with van der Waals surface area (Å²) in [6.45, 7) is 6.13. The highest BCUT2D eigenvalue weighted by Gasteiger charge is 2.06. The van der Waals surface area contributed by atoms with Gasteiger partial charge in [-0.3, -0.25) is 9.59 Å². The number of benzene rings is 1. The fourth-order valence-electron chi connectivity index (χ4n) is 2.16. The summed E-state index contributed by atoms with van der Waals surface area (Å²) in [6, 6.07) is 6.84. The lowest BCUT2D eigenvalue weighted by molar-refractivity contribution is -0.116. The van der Waals surface area contributed by atoms with Gasteiger partial charge in [0.05, 0.1) is 0 Å². The Kier molecular flexibility index (Phi) is 9.42. The molecule has 5 nitrogen and oxygen atoms in total. The van der Waals surface area contributed by atoms with Crippen LogP contribution in [0.5, 0.6) is 0 Å². The number of hydrogen-bond acceptors (Lipinski definition) is 3. The highest BCUT2D eigenvalue weighted by atomic mass is 16.2. The van der Waals surface area contributed by atoms with Crippen LogP contribution in [0.2, 0.25) is 0 Å². The minimum absolute atomic E-state index is 0.00126. The van der Waals surface area contributed by atoms with Gasteiger partial charge in [-0.05, 0) is 50.5 Å². The van der Waals surface area contributed by atoms with Crippen LogP contribution in [0.4, 0.5) is 5.69 Å². The number of anilines is 1. The summed E-state index contributed by atoms with van der Waals surface area (Å²) in [4.78, 5) is 23.7. The summed E-state index contributed by atoms with van der Waals surface area (Å²) in [5.74, 6) is -0.241. The first kappa shape index (κ1) is 19.9. The fraction of sp³-hybridized carbons (Fsp3) is 0.526. The van der Waals surface area contributed by atoms with E-state index in [0.29, 0.717) is 17.7 Å². The molecule has 1 aromatic carbocycles. The third kappa shape index (κ3) is 7.90. The van der Waals surface area contributed by atoms with Crippen LogP contribution in [-0.4, -0.2) is 17.5 Å². The van der Waals surface area contributed by atoms with Crippen LogP contribution < -0.4 is 10.7 Å². The molecule has 0 heterocycles. The topological polar surface area (TPSA) is 70.6 Å². The van der Waals surface area contributed by atoms with Gasteiger partial charge in [-0.2, -0.15) is 5.10 Å². The molecule has 0 atom stereocenters. The number of amides is 2. The molecule has 0 aliphatic carbocycles. The molecule has 0 aliphatic rings. The number of hydrazone groups is 1. The summed E-state index contributed by atoms with van der Waals surface area (Å²) >= 11 is 0. The molecule has 24 heavy (non-hydrogen) atoms. The largest absolute Gasteiger partial charge is 0.326 e. The van der Waals surface area contributed by atoms with Crippen LogP contribution in [0.1, 0.15) is 76.1 Å². The maximum atomic E-state index is 12.0. The fourth-order valence-corrected chi connectivity index (χ4v) is 2.16. The molecule has 1 rings (SSSR count). The van der Waals surface area contributed by atoms with Gasteiger partial charge in [-0.1, -0.05) is 33.1 Å². The van der Waals surface area contributed by atoms with Crippen LogP contribution in [-0.2, 0) is 4.79 Å².